The maximum absolute atomic E-state index is 13.4. The van der Waals surface area contributed by atoms with Crippen LogP contribution in [0, 0.1) is 0 Å². The molecule has 1 fully saturated rings. The number of urea groups is 1. The van der Waals surface area contributed by atoms with Crippen LogP contribution < -0.4 is 15.4 Å². The van der Waals surface area contributed by atoms with Gasteiger partial charge in [0.2, 0.25) is 0 Å². The van der Waals surface area contributed by atoms with E-state index >= 15 is 0 Å². The van der Waals surface area contributed by atoms with Crippen LogP contribution in [0.1, 0.15) is 27.0 Å². The zero-order valence-corrected chi connectivity index (χ0v) is 20.7. The molecule has 4 amide bonds. The molecule has 2 aliphatic heterocycles. The number of ether oxygens (including phenoxy) is 1. The first kappa shape index (κ1) is 23.5. The monoisotopic (exact) mass is 507 g/mol. The number of fused-ring (bicyclic) bond motifs is 1. The average molecular weight is 508 g/mol. The summed E-state index contributed by atoms with van der Waals surface area (Å²) in [6, 6.07) is 22.0. The topological polar surface area (TPSA) is 106 Å². The molecule has 1 aromatic heterocycles. The molecule has 3 aromatic carbocycles. The van der Waals surface area contributed by atoms with Gasteiger partial charge in [-0.1, -0.05) is 60.7 Å². The SMILES string of the molecule is Cn1cc(-c2ccc([C@]3(CN4Cc5ccc(OCc6ccccc6)cc5C4=O)NC(=O)NC3=O)cc2)cn1. The summed E-state index contributed by atoms with van der Waals surface area (Å²) >= 11 is 0. The lowest BCUT2D eigenvalue weighted by Crippen LogP contribution is -2.52. The van der Waals surface area contributed by atoms with E-state index in [1.54, 1.807) is 34.0 Å². The fraction of sp³-hybridized carbons (Fsp3) is 0.172. The van der Waals surface area contributed by atoms with Crippen LogP contribution in [0.5, 0.6) is 5.75 Å². The van der Waals surface area contributed by atoms with E-state index in [-0.39, 0.29) is 12.5 Å². The zero-order chi connectivity index (χ0) is 26.3. The van der Waals surface area contributed by atoms with Crippen molar-refractivity contribution in [3.8, 4) is 16.9 Å². The summed E-state index contributed by atoms with van der Waals surface area (Å²) in [5, 5.41) is 9.33. The number of rotatable bonds is 7. The second-order valence-corrected chi connectivity index (χ2v) is 9.55. The van der Waals surface area contributed by atoms with Crippen molar-refractivity contribution in [3.63, 3.8) is 0 Å². The first-order chi connectivity index (χ1) is 18.4. The number of imide groups is 1. The Labute approximate surface area is 219 Å². The van der Waals surface area contributed by atoms with Crippen LogP contribution in [-0.2, 0) is 30.5 Å². The Hall–Kier alpha value is -4.92. The molecule has 6 rings (SSSR count). The third kappa shape index (κ3) is 4.17. The minimum Gasteiger partial charge on any atom is -0.489 e. The first-order valence-electron chi connectivity index (χ1n) is 12.2. The quantitative estimate of drug-likeness (QED) is 0.373. The number of nitrogens with one attached hydrogen (secondary N) is 2. The minimum atomic E-state index is -1.41. The third-order valence-corrected chi connectivity index (χ3v) is 6.99. The number of hydrogen-bond donors (Lipinski definition) is 2. The molecule has 2 aliphatic rings. The van der Waals surface area contributed by atoms with E-state index < -0.39 is 17.5 Å². The molecule has 0 unspecified atom stereocenters. The van der Waals surface area contributed by atoms with Crippen LogP contribution in [-0.4, -0.2) is 39.1 Å². The van der Waals surface area contributed by atoms with Gasteiger partial charge in [-0.15, -0.1) is 0 Å². The van der Waals surface area contributed by atoms with Crippen molar-refractivity contribution in [3.05, 3.63) is 107 Å². The van der Waals surface area contributed by atoms with Gasteiger partial charge < -0.3 is 15.0 Å². The number of aryl methyl sites for hydroxylation is 1. The van der Waals surface area contributed by atoms with Gasteiger partial charge in [-0.2, -0.15) is 5.10 Å². The zero-order valence-electron chi connectivity index (χ0n) is 20.7. The second-order valence-electron chi connectivity index (χ2n) is 9.55. The van der Waals surface area contributed by atoms with Crippen molar-refractivity contribution in [1.82, 2.24) is 25.3 Å². The average Bonchev–Trinajstić information content (AvgIpc) is 3.59. The fourth-order valence-corrected chi connectivity index (χ4v) is 5.00. The summed E-state index contributed by atoms with van der Waals surface area (Å²) in [6.07, 6.45) is 3.65. The van der Waals surface area contributed by atoms with E-state index in [0.717, 1.165) is 22.3 Å². The number of amides is 4. The molecule has 2 N–H and O–H groups in total. The Bertz CT molecular complexity index is 1550. The Morgan fingerprint density at radius 3 is 2.45 bits per heavy atom. The molecule has 0 aliphatic carbocycles. The number of hydrogen-bond acceptors (Lipinski definition) is 5. The summed E-state index contributed by atoms with van der Waals surface area (Å²) in [7, 11) is 1.84. The second kappa shape index (κ2) is 9.19. The standard InChI is InChI=1S/C29H25N5O4/c1-33-15-22(14-30-33)20-7-10-23(11-8-20)29(27(36)31-28(37)32-29)18-34-16-21-9-12-24(13-25(21)26(34)35)38-17-19-5-3-2-4-6-19/h2-15H,16-18H2,1H3,(H2,31,32,36,37)/t29-/m0/s1. The predicted molar refractivity (Wildman–Crippen MR) is 139 cm³/mol. The van der Waals surface area contributed by atoms with E-state index in [0.29, 0.717) is 30.0 Å². The molecule has 1 saturated heterocycles. The molecule has 0 saturated carbocycles. The number of aromatic nitrogens is 2. The highest BCUT2D eigenvalue weighted by Gasteiger charge is 2.50. The number of carbonyl (C=O) groups excluding carboxylic acids is 3. The van der Waals surface area contributed by atoms with Crippen molar-refractivity contribution >= 4 is 17.8 Å². The molecule has 1 atom stereocenters. The summed E-state index contributed by atoms with van der Waals surface area (Å²) in [5.41, 5.74) is 3.44. The summed E-state index contributed by atoms with van der Waals surface area (Å²) in [4.78, 5) is 40.4. The number of benzene rings is 3. The Morgan fingerprint density at radius 2 is 1.76 bits per heavy atom. The van der Waals surface area contributed by atoms with Crippen molar-refractivity contribution < 1.29 is 19.1 Å². The van der Waals surface area contributed by atoms with Gasteiger partial charge in [-0.05, 0) is 34.4 Å². The molecule has 38 heavy (non-hydrogen) atoms. The Morgan fingerprint density at radius 1 is 0.974 bits per heavy atom. The van der Waals surface area contributed by atoms with Gasteiger partial charge in [0.1, 0.15) is 12.4 Å². The molecule has 0 radical (unpaired) electrons. The normalized spacial score (nSPS) is 18.3. The van der Waals surface area contributed by atoms with E-state index in [4.69, 9.17) is 4.74 Å². The molecule has 3 heterocycles. The van der Waals surface area contributed by atoms with Gasteiger partial charge in [-0.25, -0.2) is 4.79 Å². The smallest absolute Gasteiger partial charge is 0.322 e. The summed E-state index contributed by atoms with van der Waals surface area (Å²) in [5.74, 6) is -0.117. The molecule has 190 valence electrons. The van der Waals surface area contributed by atoms with Gasteiger partial charge in [0.15, 0.2) is 5.54 Å². The van der Waals surface area contributed by atoms with Gasteiger partial charge in [0.25, 0.3) is 11.8 Å². The lowest BCUT2D eigenvalue weighted by atomic mass is 9.88. The Kier molecular flexibility index (Phi) is 5.68. The molecule has 0 bridgehead atoms. The van der Waals surface area contributed by atoms with E-state index in [2.05, 4.69) is 15.7 Å². The van der Waals surface area contributed by atoms with Gasteiger partial charge >= 0.3 is 6.03 Å². The predicted octanol–water partition coefficient (Wildman–Crippen LogP) is 3.36. The van der Waals surface area contributed by atoms with Crippen LogP contribution in [0.2, 0.25) is 0 Å². The minimum absolute atomic E-state index is 0.00939. The lowest BCUT2D eigenvalue weighted by Gasteiger charge is -2.31. The van der Waals surface area contributed by atoms with E-state index in [9.17, 15) is 14.4 Å². The van der Waals surface area contributed by atoms with Gasteiger partial charge in [0.05, 0.1) is 12.7 Å². The van der Waals surface area contributed by atoms with Crippen LogP contribution in [0.25, 0.3) is 11.1 Å². The molecule has 0 spiro atoms. The van der Waals surface area contributed by atoms with Crippen molar-refractivity contribution in [2.24, 2.45) is 7.05 Å². The van der Waals surface area contributed by atoms with Crippen LogP contribution in [0.15, 0.2) is 85.2 Å². The largest absolute Gasteiger partial charge is 0.489 e. The molecular weight excluding hydrogens is 482 g/mol. The Balaban J connectivity index is 1.24. The summed E-state index contributed by atoms with van der Waals surface area (Å²) in [6.45, 7) is 0.707. The summed E-state index contributed by atoms with van der Waals surface area (Å²) < 4.78 is 7.62. The highest BCUT2D eigenvalue weighted by atomic mass is 16.5. The highest BCUT2D eigenvalue weighted by Crippen LogP contribution is 2.33. The molecular formula is C29H25N5O4. The highest BCUT2D eigenvalue weighted by molar-refractivity contribution is 6.08. The third-order valence-electron chi connectivity index (χ3n) is 6.99. The van der Waals surface area contributed by atoms with E-state index in [1.807, 2.05) is 67.8 Å². The lowest BCUT2D eigenvalue weighted by molar-refractivity contribution is -0.124. The molecule has 9 nitrogen and oxygen atoms in total. The number of carbonyl (C=O) groups is 3. The molecule has 4 aromatic rings. The van der Waals surface area contributed by atoms with Crippen LogP contribution in [0.4, 0.5) is 4.79 Å². The maximum atomic E-state index is 13.4. The van der Waals surface area contributed by atoms with Crippen LogP contribution in [0.3, 0.4) is 0 Å². The molecule has 9 heteroatoms. The van der Waals surface area contributed by atoms with Crippen LogP contribution >= 0.6 is 0 Å². The van der Waals surface area contributed by atoms with Crippen molar-refractivity contribution in [1.29, 1.82) is 0 Å². The van der Waals surface area contributed by atoms with Gasteiger partial charge in [0, 0.05) is 30.9 Å². The van der Waals surface area contributed by atoms with Gasteiger partial charge in [-0.3, -0.25) is 19.6 Å². The van der Waals surface area contributed by atoms with E-state index in [1.165, 1.54) is 0 Å². The maximum Gasteiger partial charge on any atom is 0.322 e. The fourth-order valence-electron chi connectivity index (χ4n) is 5.00. The first-order valence-corrected chi connectivity index (χ1v) is 12.2. The van der Waals surface area contributed by atoms with Crippen molar-refractivity contribution in [2.75, 3.05) is 6.54 Å². The van der Waals surface area contributed by atoms with Crippen molar-refractivity contribution in [2.45, 2.75) is 18.7 Å². The number of nitrogens with zero attached hydrogens (tertiary/aromatic N) is 3.